The minimum absolute atomic E-state index is 0.111. The van der Waals surface area contributed by atoms with Gasteiger partial charge in [-0.2, -0.15) is 4.98 Å². The minimum Gasteiger partial charge on any atom is -0.364 e. The van der Waals surface area contributed by atoms with Crippen LogP contribution < -0.4 is 5.32 Å². The van der Waals surface area contributed by atoms with Gasteiger partial charge < -0.3 is 5.32 Å². The normalized spacial score (nSPS) is 25.8. The molecule has 1 aromatic heterocycles. The summed E-state index contributed by atoms with van der Waals surface area (Å²) < 4.78 is 0. The molecule has 13 heavy (non-hydrogen) atoms. The maximum absolute atomic E-state index is 5.76. The first-order valence-corrected chi connectivity index (χ1v) is 4.74. The van der Waals surface area contributed by atoms with E-state index in [1.54, 1.807) is 0 Å². The topological polar surface area (TPSA) is 50.7 Å². The van der Waals surface area contributed by atoms with Gasteiger partial charge in [-0.3, -0.25) is 0 Å². The summed E-state index contributed by atoms with van der Waals surface area (Å²) >= 11 is 11.3. The third-order valence-corrected chi connectivity index (χ3v) is 2.47. The van der Waals surface area contributed by atoms with Crippen molar-refractivity contribution in [2.75, 3.05) is 5.32 Å². The molecule has 0 bridgehead atoms. The second-order valence-electron chi connectivity index (χ2n) is 3.18. The molecule has 4 nitrogen and oxygen atoms in total. The summed E-state index contributed by atoms with van der Waals surface area (Å²) in [7, 11) is 0. The van der Waals surface area contributed by atoms with Crippen molar-refractivity contribution in [3.05, 3.63) is 10.4 Å². The number of hydrogen-bond donors (Lipinski definition) is 1. The molecule has 6 heteroatoms. The second-order valence-corrected chi connectivity index (χ2v) is 3.88. The zero-order valence-corrected chi connectivity index (χ0v) is 8.47. The van der Waals surface area contributed by atoms with E-state index < -0.39 is 0 Å². The minimum atomic E-state index is 0.111. The van der Waals surface area contributed by atoms with Gasteiger partial charge in [0, 0.05) is 6.04 Å². The van der Waals surface area contributed by atoms with Crippen LogP contribution in [0.5, 0.6) is 0 Å². The summed E-state index contributed by atoms with van der Waals surface area (Å²) in [6, 6.07) is 0.449. The van der Waals surface area contributed by atoms with Crippen LogP contribution in [0.3, 0.4) is 0 Å². The Kier molecular flexibility index (Phi) is 2.26. The summed E-state index contributed by atoms with van der Waals surface area (Å²) in [5.74, 6) is 1.20. The first kappa shape index (κ1) is 8.97. The van der Waals surface area contributed by atoms with Crippen LogP contribution in [0.25, 0.3) is 0 Å². The van der Waals surface area contributed by atoms with Crippen LogP contribution in [0.1, 0.15) is 13.3 Å². The standard InChI is InChI=1S/C7H8Cl2N4/c1-3-2-4(3)10-6-5(8)12-13-7(9)11-6/h3-4H,2H2,1H3,(H,10,11,13). The van der Waals surface area contributed by atoms with Gasteiger partial charge in [0.05, 0.1) is 0 Å². The molecule has 1 heterocycles. The van der Waals surface area contributed by atoms with Crippen LogP contribution in [0.4, 0.5) is 5.82 Å². The Morgan fingerprint density at radius 2 is 2.08 bits per heavy atom. The lowest BCUT2D eigenvalue weighted by atomic mass is 10.5. The SMILES string of the molecule is CC1CC1Nc1nc(Cl)nnc1Cl. The molecule has 1 N–H and O–H groups in total. The Morgan fingerprint density at radius 1 is 1.38 bits per heavy atom. The summed E-state index contributed by atoms with van der Waals surface area (Å²) in [5.41, 5.74) is 0. The molecule has 0 spiro atoms. The van der Waals surface area contributed by atoms with Gasteiger partial charge in [-0.25, -0.2) is 0 Å². The monoisotopic (exact) mass is 218 g/mol. The van der Waals surface area contributed by atoms with E-state index in [0.29, 0.717) is 17.8 Å². The molecular formula is C7H8Cl2N4. The van der Waals surface area contributed by atoms with Crippen LogP contribution in [0.2, 0.25) is 10.4 Å². The van der Waals surface area contributed by atoms with E-state index in [4.69, 9.17) is 23.2 Å². The summed E-state index contributed by atoms with van der Waals surface area (Å²) in [6.07, 6.45) is 1.14. The Labute approximate surface area is 85.7 Å². The Bertz CT molecular complexity index is 330. The third-order valence-electron chi connectivity index (χ3n) is 2.05. The van der Waals surface area contributed by atoms with Crippen LogP contribution >= 0.6 is 23.2 Å². The fourth-order valence-corrected chi connectivity index (χ4v) is 1.34. The molecule has 0 aliphatic heterocycles. The predicted molar refractivity (Wildman–Crippen MR) is 51.0 cm³/mol. The molecule has 0 amide bonds. The molecule has 70 valence electrons. The maximum Gasteiger partial charge on any atom is 0.245 e. The quantitative estimate of drug-likeness (QED) is 0.826. The molecule has 0 aromatic carbocycles. The van der Waals surface area contributed by atoms with Crippen LogP contribution in [-0.4, -0.2) is 21.2 Å². The average molecular weight is 219 g/mol. The Balaban J connectivity index is 2.14. The van der Waals surface area contributed by atoms with Gasteiger partial charge in [0.15, 0.2) is 11.0 Å². The van der Waals surface area contributed by atoms with Gasteiger partial charge in [0.1, 0.15) is 0 Å². The van der Waals surface area contributed by atoms with Crippen LogP contribution in [-0.2, 0) is 0 Å². The highest BCUT2D eigenvalue weighted by Gasteiger charge is 2.33. The highest BCUT2D eigenvalue weighted by atomic mass is 35.5. The third kappa shape index (κ3) is 2.00. The van der Waals surface area contributed by atoms with Crippen molar-refractivity contribution in [3.8, 4) is 0 Å². The van der Waals surface area contributed by atoms with Crippen molar-refractivity contribution in [1.82, 2.24) is 15.2 Å². The van der Waals surface area contributed by atoms with E-state index in [9.17, 15) is 0 Å². The molecule has 1 aliphatic rings. The van der Waals surface area contributed by atoms with Crippen molar-refractivity contribution in [2.24, 2.45) is 5.92 Å². The number of aromatic nitrogens is 3. The number of hydrogen-bond acceptors (Lipinski definition) is 4. The van der Waals surface area contributed by atoms with Crippen molar-refractivity contribution in [2.45, 2.75) is 19.4 Å². The maximum atomic E-state index is 5.76. The van der Waals surface area contributed by atoms with Gasteiger partial charge in [0.25, 0.3) is 0 Å². The Morgan fingerprint density at radius 3 is 2.69 bits per heavy atom. The molecule has 2 atom stereocenters. The number of nitrogens with one attached hydrogen (secondary N) is 1. The molecule has 1 saturated carbocycles. The number of nitrogens with zero attached hydrogens (tertiary/aromatic N) is 3. The molecule has 1 aromatic rings. The van der Waals surface area contributed by atoms with Crippen molar-refractivity contribution < 1.29 is 0 Å². The first-order valence-electron chi connectivity index (χ1n) is 3.99. The lowest BCUT2D eigenvalue weighted by Crippen LogP contribution is -2.07. The first-order chi connectivity index (χ1) is 6.16. The fraction of sp³-hybridized carbons (Fsp3) is 0.571. The van der Waals surface area contributed by atoms with Crippen molar-refractivity contribution in [1.29, 1.82) is 0 Å². The molecule has 0 saturated heterocycles. The fourth-order valence-electron chi connectivity index (χ4n) is 1.08. The second kappa shape index (κ2) is 3.27. The summed E-state index contributed by atoms with van der Waals surface area (Å²) in [4.78, 5) is 3.94. The van der Waals surface area contributed by atoms with E-state index in [1.165, 1.54) is 0 Å². The largest absolute Gasteiger partial charge is 0.364 e. The highest BCUT2D eigenvalue weighted by molar-refractivity contribution is 6.32. The van der Waals surface area contributed by atoms with E-state index in [-0.39, 0.29) is 10.4 Å². The van der Waals surface area contributed by atoms with Gasteiger partial charge in [0.2, 0.25) is 5.28 Å². The van der Waals surface area contributed by atoms with Gasteiger partial charge >= 0.3 is 0 Å². The van der Waals surface area contributed by atoms with Crippen molar-refractivity contribution >= 4 is 29.0 Å². The zero-order valence-electron chi connectivity index (χ0n) is 6.96. The number of halogens is 2. The molecule has 1 fully saturated rings. The van der Waals surface area contributed by atoms with Crippen LogP contribution in [0, 0.1) is 5.92 Å². The highest BCUT2D eigenvalue weighted by Crippen LogP contribution is 2.33. The molecule has 2 rings (SSSR count). The zero-order chi connectivity index (χ0) is 9.42. The van der Waals surface area contributed by atoms with Crippen molar-refractivity contribution in [3.63, 3.8) is 0 Å². The van der Waals surface area contributed by atoms with Gasteiger partial charge in [-0.1, -0.05) is 18.5 Å². The van der Waals surface area contributed by atoms with E-state index in [0.717, 1.165) is 6.42 Å². The van der Waals surface area contributed by atoms with E-state index >= 15 is 0 Å². The molecule has 0 radical (unpaired) electrons. The lowest BCUT2D eigenvalue weighted by Gasteiger charge is -2.04. The number of anilines is 1. The average Bonchev–Trinajstić information content (AvgIpc) is 2.75. The molecule has 1 aliphatic carbocycles. The van der Waals surface area contributed by atoms with E-state index in [2.05, 4.69) is 27.4 Å². The smallest absolute Gasteiger partial charge is 0.245 e. The van der Waals surface area contributed by atoms with Gasteiger partial charge in [-0.15, -0.1) is 10.2 Å². The summed E-state index contributed by atoms with van der Waals surface area (Å²) in [5, 5.41) is 10.7. The van der Waals surface area contributed by atoms with Gasteiger partial charge in [-0.05, 0) is 23.9 Å². The van der Waals surface area contributed by atoms with E-state index in [1.807, 2.05) is 0 Å². The number of rotatable bonds is 2. The predicted octanol–water partition coefficient (Wildman–Crippen LogP) is 2.00. The lowest BCUT2D eigenvalue weighted by molar-refractivity contribution is 0.907. The van der Waals surface area contributed by atoms with Crippen LogP contribution in [0.15, 0.2) is 0 Å². The molecule has 2 unspecified atom stereocenters. The summed E-state index contributed by atoms with van der Waals surface area (Å²) in [6.45, 7) is 2.15. The molecular weight excluding hydrogens is 211 g/mol. The Hall–Kier alpha value is -0.610.